The number of alkyl halides is 3. The van der Waals surface area contributed by atoms with Crippen molar-refractivity contribution < 1.29 is 32.2 Å². The van der Waals surface area contributed by atoms with Gasteiger partial charge >= 0.3 is 6.18 Å². The minimum atomic E-state index is -4.57. The molecule has 1 aromatic heterocycles. The first kappa shape index (κ1) is 28.4. The molecule has 0 unspecified atom stereocenters. The number of nitrogens with one attached hydrogen (secondary N) is 2. The van der Waals surface area contributed by atoms with Crippen LogP contribution in [0.25, 0.3) is 0 Å². The normalized spacial score (nSPS) is 16.0. The molecule has 5 rings (SSSR count). The largest absolute Gasteiger partial charge is 0.476 e. The molecule has 0 saturated carbocycles. The molecule has 0 aliphatic carbocycles. The van der Waals surface area contributed by atoms with Gasteiger partial charge < -0.3 is 25.0 Å². The lowest BCUT2D eigenvalue weighted by atomic mass is 10.0. The number of ether oxygens (including phenoxy) is 2. The fraction of sp³-hybridized carbons (Fsp3) is 0.345. The summed E-state index contributed by atoms with van der Waals surface area (Å²) in [5, 5.41) is 5.18. The lowest BCUT2D eigenvalue weighted by Gasteiger charge is -2.34. The van der Waals surface area contributed by atoms with Crippen LogP contribution in [-0.4, -0.2) is 65.9 Å². The monoisotopic (exact) mass is 569 g/mol. The Kier molecular flexibility index (Phi) is 8.13. The number of hydrogen-bond donors (Lipinski definition) is 2. The van der Waals surface area contributed by atoms with Gasteiger partial charge in [-0.15, -0.1) is 0 Å². The number of carbonyl (C=O) groups is 2. The third-order valence-electron chi connectivity index (χ3n) is 7.12. The van der Waals surface area contributed by atoms with Crippen molar-refractivity contribution in [2.24, 2.45) is 0 Å². The first-order valence-corrected chi connectivity index (χ1v) is 13.3. The number of likely N-dealkylation sites (N-methyl/N-ethyl adjacent to an activating group) is 1. The smallest absolute Gasteiger partial charge is 0.416 e. The van der Waals surface area contributed by atoms with E-state index in [1.54, 1.807) is 25.1 Å². The molecule has 1 saturated heterocycles. The second-order valence-corrected chi connectivity index (χ2v) is 9.94. The van der Waals surface area contributed by atoms with Crippen molar-refractivity contribution in [3.63, 3.8) is 0 Å². The molecule has 0 bridgehead atoms. The first-order valence-electron chi connectivity index (χ1n) is 13.3. The van der Waals surface area contributed by atoms with Crippen molar-refractivity contribution >= 4 is 23.3 Å². The van der Waals surface area contributed by atoms with Gasteiger partial charge in [0.2, 0.25) is 5.75 Å². The van der Waals surface area contributed by atoms with E-state index in [4.69, 9.17) is 9.47 Å². The number of benzene rings is 2. The van der Waals surface area contributed by atoms with Crippen molar-refractivity contribution in [3.05, 3.63) is 70.9 Å². The minimum absolute atomic E-state index is 0.0391. The van der Waals surface area contributed by atoms with Crippen molar-refractivity contribution in [1.82, 2.24) is 14.8 Å². The fourth-order valence-electron chi connectivity index (χ4n) is 4.78. The highest BCUT2D eigenvalue weighted by Crippen LogP contribution is 2.39. The van der Waals surface area contributed by atoms with E-state index in [0.29, 0.717) is 24.4 Å². The van der Waals surface area contributed by atoms with Gasteiger partial charge in [0.1, 0.15) is 5.75 Å². The minimum Gasteiger partial charge on any atom is -0.476 e. The molecular weight excluding hydrogens is 539 g/mol. The molecule has 3 aromatic rings. The predicted octanol–water partition coefficient (Wildman–Crippen LogP) is 4.92. The molecule has 0 radical (unpaired) electrons. The third kappa shape index (κ3) is 6.60. The van der Waals surface area contributed by atoms with Crippen LogP contribution in [0.3, 0.4) is 0 Å². The van der Waals surface area contributed by atoms with Crippen LogP contribution in [-0.2, 0) is 17.5 Å². The van der Waals surface area contributed by atoms with Gasteiger partial charge in [0, 0.05) is 56.2 Å². The Labute approximate surface area is 235 Å². The van der Waals surface area contributed by atoms with Gasteiger partial charge in [0.25, 0.3) is 11.8 Å². The Bertz CT molecular complexity index is 1450. The first-order chi connectivity index (χ1) is 19.6. The SMILES string of the molecule is CCN1CCN(Cc2ccc(NC(=O)c3ccc(C)c(Oc4ccnc5c4OCC(=O)N5)c3)cc2C(F)(F)F)CC1. The Morgan fingerprint density at radius 2 is 1.83 bits per heavy atom. The number of pyridine rings is 1. The van der Waals surface area contributed by atoms with E-state index in [-0.39, 0.29) is 53.2 Å². The number of carbonyl (C=O) groups excluding carboxylic acids is 2. The highest BCUT2D eigenvalue weighted by molar-refractivity contribution is 6.04. The zero-order valence-electron chi connectivity index (χ0n) is 22.7. The summed E-state index contributed by atoms with van der Waals surface area (Å²) in [6.07, 6.45) is -3.13. The Morgan fingerprint density at radius 1 is 1.07 bits per heavy atom. The molecule has 0 spiro atoms. The maximum Gasteiger partial charge on any atom is 0.416 e. The van der Waals surface area contributed by atoms with E-state index in [0.717, 1.165) is 25.7 Å². The molecule has 1 fully saturated rings. The lowest BCUT2D eigenvalue weighted by Crippen LogP contribution is -2.45. The Balaban J connectivity index is 1.32. The van der Waals surface area contributed by atoms with E-state index in [1.165, 1.54) is 24.4 Å². The summed E-state index contributed by atoms with van der Waals surface area (Å²) < 4.78 is 53.5. The van der Waals surface area contributed by atoms with Gasteiger partial charge in [-0.25, -0.2) is 4.98 Å². The quantitative estimate of drug-likeness (QED) is 0.417. The third-order valence-corrected chi connectivity index (χ3v) is 7.12. The van der Waals surface area contributed by atoms with Crippen LogP contribution >= 0.6 is 0 Å². The average molecular weight is 570 g/mol. The number of aromatic nitrogens is 1. The number of halogens is 3. The maximum atomic E-state index is 14.0. The second-order valence-electron chi connectivity index (χ2n) is 9.94. The molecule has 2 aromatic carbocycles. The molecule has 2 amide bonds. The van der Waals surface area contributed by atoms with Crippen molar-refractivity contribution in [2.75, 3.05) is 50.0 Å². The summed E-state index contributed by atoms with van der Waals surface area (Å²) in [6, 6.07) is 10.2. The van der Waals surface area contributed by atoms with Crippen LogP contribution in [0.1, 0.15) is 34.0 Å². The Morgan fingerprint density at radius 3 is 2.56 bits per heavy atom. The highest BCUT2D eigenvalue weighted by Gasteiger charge is 2.34. The number of hydrogen-bond acceptors (Lipinski definition) is 7. The standard InChI is InChI=1S/C29H30F3N5O4/c1-3-36-10-12-37(13-11-36)16-20-6-7-21(15-22(20)29(30,31)32)34-28(39)19-5-4-18(2)24(14-19)41-23-8-9-33-27-26(23)40-17-25(38)35-27/h4-9,14-15H,3,10-13,16-17H2,1-2H3,(H,34,39)(H,33,35,38). The molecule has 41 heavy (non-hydrogen) atoms. The van der Waals surface area contributed by atoms with Gasteiger partial charge in [-0.1, -0.05) is 19.1 Å². The molecule has 2 aliphatic heterocycles. The number of fused-ring (bicyclic) bond motifs is 1. The summed E-state index contributed by atoms with van der Waals surface area (Å²) in [5.41, 5.74) is 0.336. The lowest BCUT2D eigenvalue weighted by molar-refractivity contribution is -0.138. The van der Waals surface area contributed by atoms with Gasteiger partial charge in [0.05, 0.1) is 5.56 Å². The van der Waals surface area contributed by atoms with Crippen LogP contribution in [0, 0.1) is 6.92 Å². The van der Waals surface area contributed by atoms with Crippen molar-refractivity contribution in [1.29, 1.82) is 0 Å². The number of anilines is 2. The van der Waals surface area contributed by atoms with Crippen LogP contribution in [0.2, 0.25) is 0 Å². The number of nitrogens with zero attached hydrogens (tertiary/aromatic N) is 3. The predicted molar refractivity (Wildman–Crippen MR) is 146 cm³/mol. The van der Waals surface area contributed by atoms with Gasteiger partial charge in [-0.3, -0.25) is 14.5 Å². The van der Waals surface area contributed by atoms with E-state index in [2.05, 4.69) is 27.4 Å². The molecule has 2 aliphatic rings. The molecule has 2 N–H and O–H groups in total. The Hall–Kier alpha value is -4.16. The van der Waals surface area contributed by atoms with E-state index < -0.39 is 17.6 Å². The average Bonchev–Trinajstić information content (AvgIpc) is 2.94. The topological polar surface area (TPSA) is 96.0 Å². The van der Waals surface area contributed by atoms with E-state index >= 15 is 0 Å². The highest BCUT2D eigenvalue weighted by atomic mass is 19.4. The van der Waals surface area contributed by atoms with E-state index in [9.17, 15) is 22.8 Å². The molecule has 216 valence electrons. The molecule has 12 heteroatoms. The zero-order chi connectivity index (χ0) is 29.1. The summed E-state index contributed by atoms with van der Waals surface area (Å²) in [5.74, 6) is 0.171. The summed E-state index contributed by atoms with van der Waals surface area (Å²) in [4.78, 5) is 33.0. The molecular formula is C29H30F3N5O4. The van der Waals surface area contributed by atoms with Gasteiger partial charge in [0.15, 0.2) is 18.2 Å². The summed E-state index contributed by atoms with van der Waals surface area (Å²) >= 11 is 0. The zero-order valence-corrected chi connectivity index (χ0v) is 22.7. The van der Waals surface area contributed by atoms with Gasteiger partial charge in [-0.2, -0.15) is 13.2 Å². The molecule has 0 atom stereocenters. The number of amides is 2. The van der Waals surface area contributed by atoms with Crippen LogP contribution in [0.4, 0.5) is 24.7 Å². The second kappa shape index (κ2) is 11.8. The van der Waals surface area contributed by atoms with Gasteiger partial charge in [-0.05, 0) is 48.9 Å². The molecule has 9 nitrogen and oxygen atoms in total. The maximum absolute atomic E-state index is 14.0. The molecule has 3 heterocycles. The number of rotatable bonds is 7. The van der Waals surface area contributed by atoms with Crippen LogP contribution in [0.15, 0.2) is 48.7 Å². The van der Waals surface area contributed by atoms with Crippen molar-refractivity contribution in [3.8, 4) is 17.2 Å². The number of piperazine rings is 1. The summed E-state index contributed by atoms with van der Waals surface area (Å²) in [6.45, 7) is 7.81. The number of aryl methyl sites for hydroxylation is 1. The van der Waals surface area contributed by atoms with Crippen LogP contribution in [0.5, 0.6) is 17.2 Å². The van der Waals surface area contributed by atoms with Crippen molar-refractivity contribution in [2.45, 2.75) is 26.6 Å². The van der Waals surface area contributed by atoms with E-state index in [1.807, 2.05) is 4.90 Å². The summed E-state index contributed by atoms with van der Waals surface area (Å²) in [7, 11) is 0. The van der Waals surface area contributed by atoms with Crippen LogP contribution < -0.4 is 20.1 Å². The fourth-order valence-corrected chi connectivity index (χ4v) is 4.78.